The van der Waals surface area contributed by atoms with E-state index in [2.05, 4.69) is 4.98 Å². The molecule has 1 rings (SSSR count). The van der Waals surface area contributed by atoms with E-state index in [4.69, 9.17) is 15.6 Å². The van der Waals surface area contributed by atoms with Gasteiger partial charge in [0.1, 0.15) is 6.04 Å². The van der Waals surface area contributed by atoms with E-state index in [1.165, 1.54) is 0 Å². The lowest BCUT2D eigenvalue weighted by Crippen LogP contribution is -2.32. The predicted molar refractivity (Wildman–Crippen MR) is 65.5 cm³/mol. The van der Waals surface area contributed by atoms with Crippen molar-refractivity contribution in [2.75, 3.05) is 6.61 Å². The van der Waals surface area contributed by atoms with Gasteiger partial charge >= 0.3 is 11.9 Å². The lowest BCUT2D eigenvalue weighted by atomic mass is 10.1. The molecule has 4 N–H and O–H groups in total. The molecule has 0 radical (unpaired) electrons. The van der Waals surface area contributed by atoms with Crippen LogP contribution in [0.4, 0.5) is 0 Å². The van der Waals surface area contributed by atoms with Gasteiger partial charge in [-0.3, -0.25) is 4.79 Å². The Morgan fingerprint density at radius 1 is 1.44 bits per heavy atom. The van der Waals surface area contributed by atoms with E-state index in [-0.39, 0.29) is 6.42 Å². The number of aromatic nitrogens is 1. The number of aromatic amines is 1. The number of carbonyl (C=O) groups excluding carboxylic acids is 1. The van der Waals surface area contributed by atoms with Crippen LogP contribution in [0.5, 0.6) is 0 Å². The van der Waals surface area contributed by atoms with Crippen LogP contribution in [0.1, 0.15) is 34.2 Å². The predicted octanol–water partition coefficient (Wildman–Crippen LogP) is 0.763. The number of aryl methyl sites for hydroxylation is 1. The number of rotatable bonds is 5. The van der Waals surface area contributed by atoms with Crippen molar-refractivity contribution in [2.24, 2.45) is 5.73 Å². The van der Waals surface area contributed by atoms with Crippen LogP contribution in [0.25, 0.3) is 0 Å². The van der Waals surface area contributed by atoms with Gasteiger partial charge in [-0.25, -0.2) is 4.79 Å². The highest BCUT2D eigenvalue weighted by molar-refractivity contribution is 5.92. The van der Waals surface area contributed by atoms with Gasteiger partial charge in [0.2, 0.25) is 0 Å². The number of hydrogen-bond acceptors (Lipinski definition) is 4. The lowest BCUT2D eigenvalue weighted by Gasteiger charge is -2.06. The fraction of sp³-hybridized carbons (Fsp3) is 0.500. The highest BCUT2D eigenvalue weighted by Crippen LogP contribution is 2.20. The summed E-state index contributed by atoms with van der Waals surface area (Å²) in [6.45, 7) is 5.53. The average Bonchev–Trinajstić information content (AvgIpc) is 2.54. The van der Waals surface area contributed by atoms with Crippen LogP contribution in [0.3, 0.4) is 0 Å². The molecule has 0 saturated heterocycles. The molecular weight excluding hydrogens is 236 g/mol. The fourth-order valence-corrected chi connectivity index (χ4v) is 1.84. The summed E-state index contributed by atoms with van der Waals surface area (Å²) >= 11 is 0. The van der Waals surface area contributed by atoms with Gasteiger partial charge in [0.15, 0.2) is 0 Å². The molecule has 18 heavy (non-hydrogen) atoms. The topological polar surface area (TPSA) is 105 Å². The van der Waals surface area contributed by atoms with Crippen molar-refractivity contribution in [1.82, 2.24) is 4.98 Å². The standard InChI is InChI=1S/C12H18N2O4/c1-4-18-12(17)10-6(2)9(14-7(10)3)5-8(13)11(15)16/h8,14H,4-5,13H2,1-3H3,(H,15,16). The molecule has 0 aliphatic rings. The minimum atomic E-state index is -1.07. The SMILES string of the molecule is CCOC(=O)c1c(C)[nH]c(CC(N)C(=O)O)c1C. The van der Waals surface area contributed by atoms with Gasteiger partial charge in [-0.05, 0) is 26.3 Å². The number of nitrogens with two attached hydrogens (primary N) is 1. The first-order valence-electron chi connectivity index (χ1n) is 5.72. The van der Waals surface area contributed by atoms with E-state index in [0.29, 0.717) is 29.1 Å². The first kappa shape index (κ1) is 14.2. The van der Waals surface area contributed by atoms with E-state index in [1.54, 1.807) is 20.8 Å². The smallest absolute Gasteiger partial charge is 0.340 e. The normalized spacial score (nSPS) is 12.2. The molecule has 0 aliphatic heterocycles. The molecule has 1 unspecified atom stereocenters. The number of carboxylic acids is 1. The molecule has 6 heteroatoms. The van der Waals surface area contributed by atoms with E-state index < -0.39 is 18.0 Å². The summed E-state index contributed by atoms with van der Waals surface area (Å²) in [6, 6.07) is -0.989. The zero-order valence-electron chi connectivity index (χ0n) is 10.7. The van der Waals surface area contributed by atoms with Gasteiger partial charge in [-0.1, -0.05) is 0 Å². The summed E-state index contributed by atoms with van der Waals surface area (Å²) in [5.74, 6) is -1.47. The molecule has 0 spiro atoms. The van der Waals surface area contributed by atoms with Gasteiger partial charge in [0.05, 0.1) is 12.2 Å². The number of ether oxygens (including phenoxy) is 1. The Kier molecular flexibility index (Phi) is 4.49. The second kappa shape index (κ2) is 5.68. The van der Waals surface area contributed by atoms with Gasteiger partial charge < -0.3 is 20.6 Å². The summed E-state index contributed by atoms with van der Waals surface area (Å²) in [4.78, 5) is 25.4. The van der Waals surface area contributed by atoms with Crippen molar-refractivity contribution in [3.05, 3.63) is 22.5 Å². The third kappa shape index (κ3) is 2.89. The second-order valence-electron chi connectivity index (χ2n) is 4.10. The van der Waals surface area contributed by atoms with Crippen molar-refractivity contribution < 1.29 is 19.4 Å². The quantitative estimate of drug-likeness (QED) is 0.673. The molecule has 0 aromatic carbocycles. The van der Waals surface area contributed by atoms with Crippen molar-refractivity contribution in [1.29, 1.82) is 0 Å². The number of hydrogen-bond donors (Lipinski definition) is 3. The molecule has 0 saturated carbocycles. The fourth-order valence-electron chi connectivity index (χ4n) is 1.84. The Balaban J connectivity index is 3.00. The highest BCUT2D eigenvalue weighted by Gasteiger charge is 2.22. The van der Waals surface area contributed by atoms with Crippen molar-refractivity contribution >= 4 is 11.9 Å². The first-order chi connectivity index (χ1) is 8.38. The molecule has 6 nitrogen and oxygen atoms in total. The Morgan fingerprint density at radius 3 is 2.56 bits per heavy atom. The maximum absolute atomic E-state index is 11.7. The molecule has 1 aromatic rings. The number of nitrogens with one attached hydrogen (secondary N) is 1. The number of esters is 1. The van der Waals surface area contributed by atoms with E-state index >= 15 is 0 Å². The van der Waals surface area contributed by atoms with Crippen LogP contribution >= 0.6 is 0 Å². The van der Waals surface area contributed by atoms with Crippen LogP contribution in [0, 0.1) is 13.8 Å². The maximum atomic E-state index is 11.7. The van der Waals surface area contributed by atoms with Gasteiger partial charge in [-0.2, -0.15) is 0 Å². The molecule has 0 amide bonds. The number of H-pyrrole nitrogens is 1. The van der Waals surface area contributed by atoms with E-state index in [1.807, 2.05) is 0 Å². The molecule has 1 heterocycles. The van der Waals surface area contributed by atoms with E-state index in [0.717, 1.165) is 0 Å². The van der Waals surface area contributed by atoms with E-state index in [9.17, 15) is 9.59 Å². The molecule has 0 fully saturated rings. The minimum Gasteiger partial charge on any atom is -0.480 e. The molecule has 0 aliphatic carbocycles. The zero-order chi connectivity index (χ0) is 13.9. The molecule has 1 aromatic heterocycles. The van der Waals surface area contributed by atoms with Crippen LogP contribution in [0.2, 0.25) is 0 Å². The third-order valence-electron chi connectivity index (χ3n) is 2.76. The average molecular weight is 254 g/mol. The van der Waals surface area contributed by atoms with Crippen LogP contribution in [-0.2, 0) is 16.0 Å². The molecule has 100 valence electrons. The molecular formula is C12H18N2O4. The lowest BCUT2D eigenvalue weighted by molar-refractivity contribution is -0.138. The first-order valence-corrected chi connectivity index (χ1v) is 5.72. The number of carboxylic acid groups (broad SMARTS) is 1. The number of carbonyl (C=O) groups is 2. The third-order valence-corrected chi connectivity index (χ3v) is 2.76. The van der Waals surface area contributed by atoms with Crippen molar-refractivity contribution in [2.45, 2.75) is 33.2 Å². The van der Waals surface area contributed by atoms with Crippen LogP contribution in [0.15, 0.2) is 0 Å². The Bertz CT molecular complexity index is 465. The van der Waals surface area contributed by atoms with Crippen LogP contribution in [-0.4, -0.2) is 34.7 Å². The monoisotopic (exact) mass is 254 g/mol. The van der Waals surface area contributed by atoms with Crippen LogP contribution < -0.4 is 5.73 Å². The summed E-state index contributed by atoms with van der Waals surface area (Å²) in [7, 11) is 0. The number of aliphatic carboxylic acids is 1. The Labute approximate surface area is 105 Å². The maximum Gasteiger partial charge on any atom is 0.340 e. The second-order valence-corrected chi connectivity index (χ2v) is 4.10. The van der Waals surface area contributed by atoms with Gasteiger partial charge in [-0.15, -0.1) is 0 Å². The highest BCUT2D eigenvalue weighted by atomic mass is 16.5. The summed E-state index contributed by atoms with van der Waals surface area (Å²) in [5.41, 5.74) is 7.96. The summed E-state index contributed by atoms with van der Waals surface area (Å²) in [5, 5.41) is 8.77. The van der Waals surface area contributed by atoms with Crippen molar-refractivity contribution in [3.63, 3.8) is 0 Å². The summed E-state index contributed by atoms with van der Waals surface area (Å²) in [6.07, 6.45) is 0.154. The minimum absolute atomic E-state index is 0.154. The molecule has 0 bridgehead atoms. The largest absolute Gasteiger partial charge is 0.480 e. The Morgan fingerprint density at radius 2 is 2.06 bits per heavy atom. The Hall–Kier alpha value is -1.82. The molecule has 1 atom stereocenters. The summed E-state index contributed by atoms with van der Waals surface area (Å²) < 4.78 is 4.95. The zero-order valence-corrected chi connectivity index (χ0v) is 10.7. The van der Waals surface area contributed by atoms with Crippen molar-refractivity contribution in [3.8, 4) is 0 Å². The van der Waals surface area contributed by atoms with Gasteiger partial charge in [0, 0.05) is 17.8 Å². The van der Waals surface area contributed by atoms with Gasteiger partial charge in [0.25, 0.3) is 0 Å².